The van der Waals surface area contributed by atoms with E-state index in [1.807, 2.05) is 19.1 Å². The quantitative estimate of drug-likeness (QED) is 0.460. The Morgan fingerprint density at radius 1 is 0.929 bits per heavy atom. The molecule has 8 heteroatoms. The van der Waals surface area contributed by atoms with Crippen molar-refractivity contribution < 1.29 is 19.3 Å². The molecule has 2 N–H and O–H groups in total. The van der Waals surface area contributed by atoms with Gasteiger partial charge >= 0.3 is 0 Å². The summed E-state index contributed by atoms with van der Waals surface area (Å²) in [5.41, 5.74) is 1.71. The van der Waals surface area contributed by atoms with E-state index in [0.29, 0.717) is 59.5 Å². The van der Waals surface area contributed by atoms with Crippen LogP contribution >= 0.6 is 34.8 Å². The molecule has 0 radical (unpaired) electrons. The number of aliphatic hydroxyl groups excluding tert-OH is 1. The van der Waals surface area contributed by atoms with Gasteiger partial charge in [0.25, 0.3) is 0 Å². The molecule has 5 nitrogen and oxygen atoms in total. The third-order valence-corrected chi connectivity index (χ3v) is 4.72. The van der Waals surface area contributed by atoms with Gasteiger partial charge in [0, 0.05) is 39.8 Å². The first-order valence-electron chi connectivity index (χ1n) is 8.96. The summed E-state index contributed by atoms with van der Waals surface area (Å²) in [7, 11) is 0. The molecule has 0 aliphatic heterocycles. The minimum Gasteiger partial charge on any atom is -0.490 e. The van der Waals surface area contributed by atoms with Gasteiger partial charge in [0.1, 0.15) is 6.61 Å². The van der Waals surface area contributed by atoms with Gasteiger partial charge in [-0.1, -0.05) is 40.9 Å². The van der Waals surface area contributed by atoms with E-state index in [4.69, 9.17) is 54.1 Å². The Morgan fingerprint density at radius 3 is 2.39 bits per heavy atom. The van der Waals surface area contributed by atoms with Crippen LogP contribution in [-0.2, 0) is 17.9 Å². The molecule has 0 heterocycles. The average Bonchev–Trinajstić information content (AvgIpc) is 2.66. The molecule has 0 aliphatic carbocycles. The van der Waals surface area contributed by atoms with Crippen molar-refractivity contribution in [1.82, 2.24) is 5.32 Å². The zero-order chi connectivity index (χ0) is 20.4. The third kappa shape index (κ3) is 7.32. The maximum atomic E-state index is 8.69. The molecule has 0 saturated carbocycles. The average molecular weight is 449 g/mol. The molecular weight excluding hydrogens is 425 g/mol. The van der Waals surface area contributed by atoms with Crippen LogP contribution in [0, 0.1) is 0 Å². The van der Waals surface area contributed by atoms with Gasteiger partial charge in [-0.15, -0.1) is 0 Å². The highest BCUT2D eigenvalue weighted by Gasteiger charge is 2.12. The molecule has 0 aromatic heterocycles. The van der Waals surface area contributed by atoms with Gasteiger partial charge in [0.15, 0.2) is 11.5 Å². The molecule has 0 unspecified atom stereocenters. The number of halogens is 3. The lowest BCUT2D eigenvalue weighted by Crippen LogP contribution is -2.20. The van der Waals surface area contributed by atoms with Crippen LogP contribution in [0.25, 0.3) is 0 Å². The van der Waals surface area contributed by atoms with E-state index in [9.17, 15) is 0 Å². The van der Waals surface area contributed by atoms with E-state index in [1.54, 1.807) is 18.2 Å². The summed E-state index contributed by atoms with van der Waals surface area (Å²) in [4.78, 5) is 0. The number of hydrogen-bond donors (Lipinski definition) is 2. The van der Waals surface area contributed by atoms with Crippen molar-refractivity contribution in [2.24, 2.45) is 0 Å². The van der Waals surface area contributed by atoms with Crippen LogP contribution in [-0.4, -0.2) is 38.1 Å². The van der Waals surface area contributed by atoms with E-state index < -0.39 is 0 Å². The van der Waals surface area contributed by atoms with Crippen molar-refractivity contribution >= 4 is 34.8 Å². The highest BCUT2D eigenvalue weighted by Crippen LogP contribution is 2.34. The van der Waals surface area contributed by atoms with Crippen LogP contribution < -0.4 is 14.8 Å². The summed E-state index contributed by atoms with van der Waals surface area (Å²) in [6, 6.07) is 8.88. The summed E-state index contributed by atoms with van der Waals surface area (Å²) in [5, 5.41) is 13.6. The smallest absolute Gasteiger partial charge is 0.163 e. The second-order valence-electron chi connectivity index (χ2n) is 5.86. The van der Waals surface area contributed by atoms with Crippen LogP contribution in [0.1, 0.15) is 18.1 Å². The first kappa shape index (κ1) is 23.1. The van der Waals surface area contributed by atoms with Gasteiger partial charge in [0.05, 0.1) is 26.4 Å². The fourth-order valence-electron chi connectivity index (χ4n) is 2.42. The molecule has 0 amide bonds. The molecule has 0 fully saturated rings. The number of benzene rings is 2. The molecular formula is C20H24Cl3NO4. The summed E-state index contributed by atoms with van der Waals surface area (Å²) in [6.45, 7) is 4.75. The van der Waals surface area contributed by atoms with Gasteiger partial charge in [-0.3, -0.25) is 0 Å². The van der Waals surface area contributed by atoms with Crippen LogP contribution in [0.5, 0.6) is 11.5 Å². The van der Waals surface area contributed by atoms with Crippen molar-refractivity contribution in [3.63, 3.8) is 0 Å². The zero-order valence-electron chi connectivity index (χ0n) is 15.6. The Balaban J connectivity index is 2.02. The molecule has 2 aromatic carbocycles. The maximum absolute atomic E-state index is 8.69. The number of ether oxygens (including phenoxy) is 3. The summed E-state index contributed by atoms with van der Waals surface area (Å²) in [6.07, 6.45) is 0. The summed E-state index contributed by atoms with van der Waals surface area (Å²) < 4.78 is 16.8. The minimum atomic E-state index is 0.0201. The van der Waals surface area contributed by atoms with Gasteiger partial charge in [-0.25, -0.2) is 0 Å². The van der Waals surface area contributed by atoms with E-state index in [-0.39, 0.29) is 13.2 Å². The lowest BCUT2D eigenvalue weighted by Gasteiger charge is -2.16. The summed E-state index contributed by atoms with van der Waals surface area (Å²) >= 11 is 18.5. The molecule has 0 atom stereocenters. The Kier molecular flexibility index (Phi) is 10.2. The Labute approximate surface area is 180 Å². The van der Waals surface area contributed by atoms with Crippen LogP contribution in [0.2, 0.25) is 15.1 Å². The number of aliphatic hydroxyl groups is 1. The first-order valence-corrected chi connectivity index (χ1v) is 10.1. The Morgan fingerprint density at radius 2 is 1.68 bits per heavy atom. The SMILES string of the molecule is CCOc1cc(CNCCOCCO)c(Cl)cc1OCc1ccc(Cl)cc1Cl. The fraction of sp³-hybridized carbons (Fsp3) is 0.400. The van der Waals surface area contributed by atoms with E-state index in [2.05, 4.69) is 5.32 Å². The molecule has 2 rings (SSSR count). The largest absolute Gasteiger partial charge is 0.490 e. The van der Waals surface area contributed by atoms with E-state index >= 15 is 0 Å². The van der Waals surface area contributed by atoms with Gasteiger partial charge < -0.3 is 24.6 Å². The van der Waals surface area contributed by atoms with Crippen molar-refractivity contribution in [3.05, 3.63) is 56.5 Å². The molecule has 154 valence electrons. The standard InChI is InChI=1S/C20H24Cl3NO4/c1-2-27-19-9-15(12-24-5-7-26-8-6-25)18(23)11-20(19)28-13-14-3-4-16(21)10-17(14)22/h3-4,9-11,24-25H,2,5-8,12-13H2,1H3. The van der Waals surface area contributed by atoms with E-state index in [1.165, 1.54) is 0 Å². The highest BCUT2D eigenvalue weighted by molar-refractivity contribution is 6.35. The first-order chi connectivity index (χ1) is 13.5. The van der Waals surface area contributed by atoms with Crippen molar-refractivity contribution in [3.8, 4) is 11.5 Å². The van der Waals surface area contributed by atoms with Gasteiger partial charge in [-0.05, 0) is 30.7 Å². The van der Waals surface area contributed by atoms with Crippen LogP contribution in [0.3, 0.4) is 0 Å². The second-order valence-corrected chi connectivity index (χ2v) is 7.11. The van der Waals surface area contributed by atoms with Gasteiger partial charge in [-0.2, -0.15) is 0 Å². The van der Waals surface area contributed by atoms with Crippen LogP contribution in [0.4, 0.5) is 0 Å². The molecule has 2 aromatic rings. The predicted octanol–water partition coefficient (Wildman–Crippen LogP) is 4.72. The van der Waals surface area contributed by atoms with Crippen molar-refractivity contribution in [2.45, 2.75) is 20.1 Å². The third-order valence-electron chi connectivity index (χ3n) is 3.79. The fourth-order valence-corrected chi connectivity index (χ4v) is 3.11. The lowest BCUT2D eigenvalue weighted by molar-refractivity contribution is 0.0938. The summed E-state index contributed by atoms with van der Waals surface area (Å²) in [5.74, 6) is 1.17. The molecule has 0 bridgehead atoms. The number of nitrogens with one attached hydrogen (secondary N) is 1. The Hall–Kier alpha value is -1.21. The monoisotopic (exact) mass is 447 g/mol. The minimum absolute atomic E-state index is 0.0201. The molecule has 0 spiro atoms. The maximum Gasteiger partial charge on any atom is 0.163 e. The zero-order valence-corrected chi connectivity index (χ0v) is 17.9. The molecule has 0 aliphatic rings. The lowest BCUT2D eigenvalue weighted by atomic mass is 10.2. The highest BCUT2D eigenvalue weighted by atomic mass is 35.5. The molecule has 0 saturated heterocycles. The van der Waals surface area contributed by atoms with Crippen molar-refractivity contribution in [2.75, 3.05) is 33.0 Å². The van der Waals surface area contributed by atoms with Crippen LogP contribution in [0.15, 0.2) is 30.3 Å². The van der Waals surface area contributed by atoms with Crippen molar-refractivity contribution in [1.29, 1.82) is 0 Å². The topological polar surface area (TPSA) is 60.0 Å². The second kappa shape index (κ2) is 12.4. The van der Waals surface area contributed by atoms with Gasteiger partial charge in [0.2, 0.25) is 0 Å². The Bertz CT molecular complexity index is 758. The number of hydrogen-bond acceptors (Lipinski definition) is 5. The predicted molar refractivity (Wildman–Crippen MR) is 113 cm³/mol. The normalized spacial score (nSPS) is 10.9. The molecule has 28 heavy (non-hydrogen) atoms. The van der Waals surface area contributed by atoms with E-state index in [0.717, 1.165) is 11.1 Å². The number of rotatable bonds is 12.